The van der Waals surface area contributed by atoms with Crippen molar-refractivity contribution in [2.45, 2.75) is 84.6 Å². The Morgan fingerprint density at radius 1 is 0.750 bits per heavy atom. The second-order valence-corrected chi connectivity index (χ2v) is 6.07. The molecule has 0 aliphatic carbocycles. The Bertz CT molecular complexity index is 146. The van der Waals surface area contributed by atoms with Gasteiger partial charge in [-0.2, -0.15) is 0 Å². The van der Waals surface area contributed by atoms with E-state index in [0.29, 0.717) is 5.54 Å². The van der Waals surface area contributed by atoms with Gasteiger partial charge in [-0.25, -0.2) is 0 Å². The highest BCUT2D eigenvalue weighted by atomic mass is 15.1. The lowest BCUT2D eigenvalue weighted by Gasteiger charge is -2.31. The molecular weight excluding hydrogens is 194 g/mol. The van der Waals surface area contributed by atoms with Crippen LogP contribution in [-0.4, -0.2) is 24.0 Å². The Balaban J connectivity index is 3.21. The predicted molar refractivity (Wildman–Crippen MR) is 75.0 cm³/mol. The number of rotatable bonds is 9. The summed E-state index contributed by atoms with van der Waals surface area (Å²) in [6.45, 7) is 10.4. The van der Waals surface area contributed by atoms with Crippen LogP contribution in [0.5, 0.6) is 0 Å². The average molecular weight is 227 g/mol. The third kappa shape index (κ3) is 9.21. The fraction of sp³-hybridized carbons (Fsp3) is 1.00. The molecular formula is C15H33N. The van der Waals surface area contributed by atoms with E-state index in [9.17, 15) is 0 Å². The van der Waals surface area contributed by atoms with Crippen molar-refractivity contribution < 1.29 is 0 Å². The summed E-state index contributed by atoms with van der Waals surface area (Å²) >= 11 is 0. The molecule has 0 bridgehead atoms. The smallest absolute Gasteiger partial charge is 0.0122 e. The molecule has 0 aromatic rings. The van der Waals surface area contributed by atoms with Crippen molar-refractivity contribution in [3.05, 3.63) is 0 Å². The molecule has 0 aromatic heterocycles. The summed E-state index contributed by atoms with van der Waals surface area (Å²) in [5.74, 6) is 0. The first-order chi connectivity index (χ1) is 7.48. The summed E-state index contributed by atoms with van der Waals surface area (Å²) in [6, 6.07) is 0. The molecule has 0 rings (SSSR count). The zero-order chi connectivity index (χ0) is 12.4. The monoisotopic (exact) mass is 227 g/mol. The fourth-order valence-electron chi connectivity index (χ4n) is 1.82. The Labute approximate surface area is 104 Å². The number of hydrogen-bond donors (Lipinski definition) is 0. The Morgan fingerprint density at radius 3 is 1.62 bits per heavy atom. The quantitative estimate of drug-likeness (QED) is 0.509. The standard InChI is InChI=1S/C15H33N/c1-6-7-8-9-10-11-12-13-14-16(5)15(2,3)4/h6-14H2,1-5H3. The minimum atomic E-state index is 0.334. The van der Waals surface area contributed by atoms with Gasteiger partial charge in [0.15, 0.2) is 0 Å². The number of hydrogen-bond acceptors (Lipinski definition) is 1. The molecule has 98 valence electrons. The molecule has 16 heavy (non-hydrogen) atoms. The lowest BCUT2D eigenvalue weighted by molar-refractivity contribution is 0.172. The van der Waals surface area contributed by atoms with Crippen molar-refractivity contribution in [2.75, 3.05) is 13.6 Å². The fourth-order valence-corrected chi connectivity index (χ4v) is 1.82. The molecule has 1 heteroatoms. The molecule has 0 heterocycles. The van der Waals surface area contributed by atoms with Gasteiger partial charge in [0.2, 0.25) is 0 Å². The van der Waals surface area contributed by atoms with Crippen molar-refractivity contribution in [3.63, 3.8) is 0 Å². The SMILES string of the molecule is CCCCCCCCCCN(C)C(C)(C)C. The van der Waals surface area contributed by atoms with E-state index in [2.05, 4.69) is 39.6 Å². The van der Waals surface area contributed by atoms with E-state index in [1.165, 1.54) is 57.9 Å². The van der Waals surface area contributed by atoms with Crippen molar-refractivity contribution in [3.8, 4) is 0 Å². The third-order valence-corrected chi connectivity index (χ3v) is 3.49. The summed E-state index contributed by atoms with van der Waals surface area (Å²) in [5.41, 5.74) is 0.334. The summed E-state index contributed by atoms with van der Waals surface area (Å²) in [4.78, 5) is 2.46. The van der Waals surface area contributed by atoms with Crippen LogP contribution >= 0.6 is 0 Å². The molecule has 0 spiro atoms. The minimum Gasteiger partial charge on any atom is -0.302 e. The van der Waals surface area contributed by atoms with Crippen LogP contribution in [0.2, 0.25) is 0 Å². The Morgan fingerprint density at radius 2 is 1.19 bits per heavy atom. The molecule has 0 saturated heterocycles. The molecule has 1 nitrogen and oxygen atoms in total. The molecule has 0 N–H and O–H groups in total. The van der Waals surface area contributed by atoms with Gasteiger partial charge < -0.3 is 4.90 Å². The zero-order valence-electron chi connectivity index (χ0n) is 12.3. The van der Waals surface area contributed by atoms with Crippen LogP contribution in [0.4, 0.5) is 0 Å². The van der Waals surface area contributed by atoms with Crippen LogP contribution in [0, 0.1) is 0 Å². The molecule has 0 aliphatic heterocycles. The summed E-state index contributed by atoms with van der Waals surface area (Å²) in [7, 11) is 2.24. The molecule has 0 fully saturated rings. The van der Waals surface area contributed by atoms with E-state index in [4.69, 9.17) is 0 Å². The Kier molecular flexibility index (Phi) is 9.02. The van der Waals surface area contributed by atoms with Gasteiger partial charge in [0.25, 0.3) is 0 Å². The summed E-state index contributed by atoms with van der Waals surface area (Å²) in [6.07, 6.45) is 11.3. The zero-order valence-corrected chi connectivity index (χ0v) is 12.3. The highest BCUT2D eigenvalue weighted by molar-refractivity contribution is 4.72. The first-order valence-electron chi connectivity index (χ1n) is 7.19. The van der Waals surface area contributed by atoms with Crippen LogP contribution in [0.3, 0.4) is 0 Å². The van der Waals surface area contributed by atoms with Gasteiger partial charge in [-0.1, -0.05) is 51.9 Å². The predicted octanol–water partition coefficient (Wildman–Crippen LogP) is 4.86. The van der Waals surface area contributed by atoms with Gasteiger partial charge in [0.05, 0.1) is 0 Å². The van der Waals surface area contributed by atoms with Gasteiger partial charge in [-0.3, -0.25) is 0 Å². The second kappa shape index (κ2) is 9.04. The normalized spacial score (nSPS) is 12.4. The highest BCUT2D eigenvalue weighted by Gasteiger charge is 2.15. The van der Waals surface area contributed by atoms with E-state index < -0.39 is 0 Å². The third-order valence-electron chi connectivity index (χ3n) is 3.49. The van der Waals surface area contributed by atoms with E-state index in [1.54, 1.807) is 0 Å². The minimum absolute atomic E-state index is 0.334. The van der Waals surface area contributed by atoms with Gasteiger partial charge >= 0.3 is 0 Å². The molecule has 0 radical (unpaired) electrons. The van der Waals surface area contributed by atoms with Crippen LogP contribution < -0.4 is 0 Å². The van der Waals surface area contributed by atoms with Crippen molar-refractivity contribution in [1.82, 2.24) is 4.90 Å². The van der Waals surface area contributed by atoms with Gasteiger partial charge in [0.1, 0.15) is 0 Å². The number of nitrogens with zero attached hydrogens (tertiary/aromatic N) is 1. The van der Waals surface area contributed by atoms with Crippen LogP contribution in [-0.2, 0) is 0 Å². The van der Waals surface area contributed by atoms with Gasteiger partial charge in [-0.15, -0.1) is 0 Å². The molecule has 0 aliphatic rings. The van der Waals surface area contributed by atoms with E-state index >= 15 is 0 Å². The lowest BCUT2D eigenvalue weighted by atomic mass is 10.1. The van der Waals surface area contributed by atoms with E-state index in [0.717, 1.165) is 0 Å². The van der Waals surface area contributed by atoms with E-state index in [1.807, 2.05) is 0 Å². The van der Waals surface area contributed by atoms with Crippen molar-refractivity contribution in [2.24, 2.45) is 0 Å². The maximum Gasteiger partial charge on any atom is 0.0122 e. The van der Waals surface area contributed by atoms with Crippen LogP contribution in [0.1, 0.15) is 79.1 Å². The second-order valence-electron chi connectivity index (χ2n) is 6.07. The number of unbranched alkanes of at least 4 members (excludes halogenated alkanes) is 7. The first-order valence-corrected chi connectivity index (χ1v) is 7.19. The molecule has 0 unspecified atom stereocenters. The van der Waals surface area contributed by atoms with Crippen LogP contribution in [0.25, 0.3) is 0 Å². The molecule has 0 saturated carbocycles. The van der Waals surface area contributed by atoms with Gasteiger partial charge in [0, 0.05) is 5.54 Å². The molecule has 0 aromatic carbocycles. The topological polar surface area (TPSA) is 3.24 Å². The highest BCUT2D eigenvalue weighted by Crippen LogP contribution is 2.13. The summed E-state index contributed by atoms with van der Waals surface area (Å²) < 4.78 is 0. The average Bonchev–Trinajstić information content (AvgIpc) is 2.20. The molecule has 0 amide bonds. The van der Waals surface area contributed by atoms with E-state index in [-0.39, 0.29) is 0 Å². The summed E-state index contributed by atoms with van der Waals surface area (Å²) in [5, 5.41) is 0. The van der Waals surface area contributed by atoms with Crippen molar-refractivity contribution >= 4 is 0 Å². The first kappa shape index (κ1) is 16.0. The Hall–Kier alpha value is -0.0400. The maximum absolute atomic E-state index is 2.46. The van der Waals surface area contributed by atoms with Crippen LogP contribution in [0.15, 0.2) is 0 Å². The van der Waals surface area contributed by atoms with Gasteiger partial charge in [-0.05, 0) is 40.8 Å². The maximum atomic E-state index is 2.46. The van der Waals surface area contributed by atoms with Crippen molar-refractivity contribution in [1.29, 1.82) is 0 Å². The lowest BCUT2D eigenvalue weighted by Crippen LogP contribution is -2.38. The molecule has 0 atom stereocenters. The largest absolute Gasteiger partial charge is 0.302 e.